The fraction of sp³-hybridized carbons (Fsp3) is 0.381. The molecule has 156 valence electrons. The summed E-state index contributed by atoms with van der Waals surface area (Å²) in [5, 5.41) is 0. The number of hydrogen-bond acceptors (Lipinski definition) is 6. The molecule has 1 N–H and O–H groups in total. The quantitative estimate of drug-likeness (QED) is 0.520. The zero-order valence-electron chi connectivity index (χ0n) is 17.2. The first kappa shape index (κ1) is 22.5. The molecule has 1 heterocycles. The largest absolute Gasteiger partial charge is 0.462 e. The van der Waals surface area contributed by atoms with E-state index in [-0.39, 0.29) is 17.9 Å². The van der Waals surface area contributed by atoms with Gasteiger partial charge in [0.05, 0.1) is 39.1 Å². The number of Topliss-reactive ketones (excluding diaryl/α,β-unsaturated/α-hetero) is 1. The van der Waals surface area contributed by atoms with Crippen LogP contribution in [0.15, 0.2) is 29.2 Å². The molecule has 0 radical (unpaired) electrons. The summed E-state index contributed by atoms with van der Waals surface area (Å²) in [5.74, 6) is -1.35. The Labute approximate surface area is 172 Å². The van der Waals surface area contributed by atoms with E-state index in [0.717, 1.165) is 0 Å². The first-order chi connectivity index (χ1) is 13.7. The van der Waals surface area contributed by atoms with Crippen molar-refractivity contribution in [1.29, 1.82) is 0 Å². The standard InChI is InChI=1S/C21H25NO6S/c1-6-27-21(25)17-12(3)18(22-13(17)4)19(23)14(5)28-20(24)15-10-8-9-11-16(15)29(26)7-2/h8-11,14,22H,6-7H2,1-5H3/t14-,29+/m0/s1. The fourth-order valence-corrected chi connectivity index (χ4v) is 3.91. The van der Waals surface area contributed by atoms with Crippen molar-refractivity contribution < 1.29 is 28.1 Å². The van der Waals surface area contributed by atoms with E-state index in [4.69, 9.17) is 9.47 Å². The highest BCUT2D eigenvalue weighted by atomic mass is 32.2. The lowest BCUT2D eigenvalue weighted by Crippen LogP contribution is -2.26. The number of carbonyl (C=O) groups excluding carboxylic acids is 3. The molecule has 0 aliphatic carbocycles. The molecular formula is C21H25NO6S. The second-order valence-electron chi connectivity index (χ2n) is 6.39. The predicted octanol–water partition coefficient (Wildman–Crippen LogP) is 3.36. The van der Waals surface area contributed by atoms with Crippen molar-refractivity contribution in [3.05, 3.63) is 52.3 Å². The summed E-state index contributed by atoms with van der Waals surface area (Å²) >= 11 is 0. The predicted molar refractivity (Wildman–Crippen MR) is 109 cm³/mol. The highest BCUT2D eigenvalue weighted by molar-refractivity contribution is 7.85. The Balaban J connectivity index is 2.25. The number of rotatable bonds is 8. The third-order valence-corrected chi connectivity index (χ3v) is 5.80. The number of nitrogens with one attached hydrogen (secondary N) is 1. The Morgan fingerprint density at radius 1 is 1.10 bits per heavy atom. The van der Waals surface area contributed by atoms with Crippen molar-refractivity contribution in [2.45, 2.75) is 45.6 Å². The fourth-order valence-electron chi connectivity index (χ4n) is 2.98. The zero-order chi connectivity index (χ0) is 21.7. The monoisotopic (exact) mass is 419 g/mol. The second kappa shape index (κ2) is 9.65. The number of benzene rings is 1. The number of aromatic nitrogens is 1. The molecular weight excluding hydrogens is 394 g/mol. The van der Waals surface area contributed by atoms with Gasteiger partial charge >= 0.3 is 11.9 Å². The zero-order valence-corrected chi connectivity index (χ0v) is 18.0. The molecule has 0 aliphatic rings. The maximum atomic E-state index is 12.8. The Bertz CT molecular complexity index is 962. The first-order valence-electron chi connectivity index (χ1n) is 9.31. The van der Waals surface area contributed by atoms with Crippen LogP contribution >= 0.6 is 0 Å². The summed E-state index contributed by atoms with van der Waals surface area (Å²) in [6.45, 7) is 8.44. The summed E-state index contributed by atoms with van der Waals surface area (Å²) in [6.07, 6.45) is -1.10. The van der Waals surface area contributed by atoms with Gasteiger partial charge in [-0.15, -0.1) is 0 Å². The minimum atomic E-state index is -1.34. The number of aryl methyl sites for hydroxylation is 1. The van der Waals surface area contributed by atoms with Crippen molar-refractivity contribution in [2.75, 3.05) is 12.4 Å². The van der Waals surface area contributed by atoms with Gasteiger partial charge in [0.1, 0.15) is 0 Å². The van der Waals surface area contributed by atoms with Crippen LogP contribution in [0.1, 0.15) is 63.2 Å². The van der Waals surface area contributed by atoms with Crippen LogP contribution in [0.2, 0.25) is 0 Å². The van der Waals surface area contributed by atoms with Gasteiger partial charge in [-0.05, 0) is 45.4 Å². The van der Waals surface area contributed by atoms with Crippen molar-refractivity contribution in [3.63, 3.8) is 0 Å². The number of esters is 2. The smallest absolute Gasteiger partial charge is 0.340 e. The molecule has 0 fully saturated rings. The van der Waals surface area contributed by atoms with Gasteiger partial charge in [0, 0.05) is 11.4 Å². The molecule has 2 rings (SSSR count). The summed E-state index contributed by atoms with van der Waals surface area (Å²) in [5.41, 5.74) is 1.61. The van der Waals surface area contributed by atoms with Gasteiger partial charge in [0.15, 0.2) is 6.10 Å². The summed E-state index contributed by atoms with van der Waals surface area (Å²) < 4.78 is 22.5. The molecule has 8 heteroatoms. The maximum Gasteiger partial charge on any atom is 0.340 e. The van der Waals surface area contributed by atoms with E-state index in [9.17, 15) is 18.6 Å². The van der Waals surface area contributed by atoms with Crippen LogP contribution in [-0.4, -0.2) is 45.4 Å². The van der Waals surface area contributed by atoms with Crippen LogP contribution < -0.4 is 0 Å². The van der Waals surface area contributed by atoms with Gasteiger partial charge in [-0.3, -0.25) is 9.00 Å². The van der Waals surface area contributed by atoms with Gasteiger partial charge in [-0.25, -0.2) is 9.59 Å². The number of aromatic amines is 1. The molecule has 2 atom stereocenters. The Morgan fingerprint density at radius 3 is 2.38 bits per heavy atom. The molecule has 1 aromatic carbocycles. The highest BCUT2D eigenvalue weighted by Gasteiger charge is 2.28. The van der Waals surface area contributed by atoms with E-state index < -0.39 is 34.6 Å². The molecule has 0 unspecified atom stereocenters. The molecule has 0 saturated heterocycles. The topological polar surface area (TPSA) is 103 Å². The lowest BCUT2D eigenvalue weighted by atomic mass is 10.1. The van der Waals surface area contributed by atoms with Crippen molar-refractivity contribution >= 4 is 28.5 Å². The molecule has 0 amide bonds. The second-order valence-corrected chi connectivity index (χ2v) is 8.10. The Kier molecular flexibility index (Phi) is 7.50. The van der Waals surface area contributed by atoms with Gasteiger partial charge in [0.25, 0.3) is 0 Å². The highest BCUT2D eigenvalue weighted by Crippen LogP contribution is 2.22. The van der Waals surface area contributed by atoms with Crippen LogP contribution in [0.3, 0.4) is 0 Å². The van der Waals surface area contributed by atoms with E-state index in [1.165, 1.54) is 13.0 Å². The van der Waals surface area contributed by atoms with Crippen LogP contribution in [0, 0.1) is 13.8 Å². The summed E-state index contributed by atoms with van der Waals surface area (Å²) in [7, 11) is -1.34. The summed E-state index contributed by atoms with van der Waals surface area (Å²) in [6, 6.07) is 6.46. The van der Waals surface area contributed by atoms with Crippen molar-refractivity contribution in [1.82, 2.24) is 4.98 Å². The number of hydrogen-bond donors (Lipinski definition) is 1. The van der Waals surface area contributed by atoms with Crippen LogP contribution in [0.5, 0.6) is 0 Å². The first-order valence-corrected chi connectivity index (χ1v) is 10.6. The van der Waals surface area contributed by atoms with Crippen LogP contribution in [0.25, 0.3) is 0 Å². The molecule has 0 saturated carbocycles. The Hall–Kier alpha value is -2.74. The molecule has 0 bridgehead atoms. The average molecular weight is 419 g/mol. The molecule has 1 aromatic heterocycles. The van der Waals surface area contributed by atoms with Crippen molar-refractivity contribution in [2.24, 2.45) is 0 Å². The summed E-state index contributed by atoms with van der Waals surface area (Å²) in [4.78, 5) is 40.8. The van der Waals surface area contributed by atoms with E-state index in [2.05, 4.69) is 4.98 Å². The SMILES string of the molecule is CCOC(=O)c1c(C)[nH]c(C(=O)[C@H](C)OC(=O)c2ccccc2[S@](=O)CC)c1C. The van der Waals surface area contributed by atoms with Crippen LogP contribution in [0.4, 0.5) is 0 Å². The Morgan fingerprint density at radius 2 is 1.76 bits per heavy atom. The number of ether oxygens (including phenoxy) is 2. The van der Waals surface area contributed by atoms with Crippen molar-refractivity contribution in [3.8, 4) is 0 Å². The number of carbonyl (C=O) groups is 3. The average Bonchev–Trinajstić information content (AvgIpc) is 3.00. The lowest BCUT2D eigenvalue weighted by Gasteiger charge is -2.14. The van der Waals surface area contributed by atoms with Gasteiger partial charge in [-0.2, -0.15) is 0 Å². The lowest BCUT2D eigenvalue weighted by molar-refractivity contribution is 0.0313. The van der Waals surface area contributed by atoms with E-state index in [1.807, 2.05) is 0 Å². The third kappa shape index (κ3) is 4.82. The normalized spacial score (nSPS) is 12.9. The third-order valence-electron chi connectivity index (χ3n) is 4.43. The minimum absolute atomic E-state index is 0.166. The molecule has 0 aliphatic heterocycles. The van der Waals surface area contributed by atoms with Gasteiger partial charge in [-0.1, -0.05) is 19.1 Å². The van der Waals surface area contributed by atoms with E-state index in [0.29, 0.717) is 27.5 Å². The maximum absolute atomic E-state index is 12.8. The van der Waals surface area contributed by atoms with Gasteiger partial charge in [0.2, 0.25) is 5.78 Å². The number of ketones is 1. The van der Waals surface area contributed by atoms with E-state index >= 15 is 0 Å². The molecule has 29 heavy (non-hydrogen) atoms. The van der Waals surface area contributed by atoms with Gasteiger partial charge < -0.3 is 14.5 Å². The van der Waals surface area contributed by atoms with E-state index in [1.54, 1.807) is 45.9 Å². The molecule has 0 spiro atoms. The molecule has 7 nitrogen and oxygen atoms in total. The van der Waals surface area contributed by atoms with Crippen LogP contribution in [-0.2, 0) is 20.3 Å². The minimum Gasteiger partial charge on any atom is -0.462 e. The molecule has 2 aromatic rings. The number of H-pyrrole nitrogens is 1.